The first kappa shape index (κ1) is 16.4. The highest BCUT2D eigenvalue weighted by atomic mass is 32.1. The molecule has 0 saturated carbocycles. The van der Waals surface area contributed by atoms with Crippen molar-refractivity contribution < 1.29 is 19.4 Å². The van der Waals surface area contributed by atoms with Gasteiger partial charge >= 0.3 is 5.97 Å². The van der Waals surface area contributed by atoms with Crippen LogP contribution in [-0.2, 0) is 9.53 Å². The molecule has 0 fully saturated rings. The van der Waals surface area contributed by atoms with Crippen molar-refractivity contribution in [3.05, 3.63) is 28.0 Å². The van der Waals surface area contributed by atoms with Crippen LogP contribution in [0.5, 0.6) is 0 Å². The van der Waals surface area contributed by atoms with E-state index in [2.05, 4.69) is 0 Å². The number of carbonyl (C=O) groups excluding carboxylic acids is 1. The summed E-state index contributed by atoms with van der Waals surface area (Å²) in [6.07, 6.45) is 2.60. The summed E-state index contributed by atoms with van der Waals surface area (Å²) in [5.41, 5.74) is 0.624. The summed E-state index contributed by atoms with van der Waals surface area (Å²) in [5, 5.41) is 10.4. The number of amides is 1. The van der Waals surface area contributed by atoms with Crippen LogP contribution in [-0.4, -0.2) is 48.2 Å². The van der Waals surface area contributed by atoms with Gasteiger partial charge in [0.1, 0.15) is 0 Å². The number of ether oxygens (including phenoxy) is 1. The van der Waals surface area contributed by atoms with Crippen LogP contribution in [0, 0.1) is 0 Å². The Morgan fingerprint density at radius 3 is 2.80 bits per heavy atom. The third kappa shape index (κ3) is 5.14. The molecule has 0 aliphatic heterocycles. The zero-order valence-corrected chi connectivity index (χ0v) is 12.6. The van der Waals surface area contributed by atoms with Gasteiger partial charge in [-0.25, -0.2) is 4.79 Å². The van der Waals surface area contributed by atoms with E-state index in [1.54, 1.807) is 23.4 Å². The summed E-state index contributed by atoms with van der Waals surface area (Å²) < 4.78 is 5.41. The molecule has 1 heterocycles. The predicted octanol–water partition coefficient (Wildman–Crippen LogP) is 2.34. The standard InChI is InChI=1S/C14H19NO4S/c1-10(2)19-8-7-15(3)14(18)13-11(6-9-20-13)4-5-12(16)17/h4-6,9-10H,7-8H2,1-3H3,(H,16,17)/b5-4+. The minimum Gasteiger partial charge on any atom is -0.478 e. The summed E-state index contributed by atoms with van der Waals surface area (Å²) >= 11 is 1.30. The first-order chi connectivity index (χ1) is 9.41. The summed E-state index contributed by atoms with van der Waals surface area (Å²) in [6.45, 7) is 4.86. The number of likely N-dealkylation sites (N-methyl/N-ethyl adjacent to an activating group) is 1. The molecule has 0 unspecified atom stereocenters. The maximum absolute atomic E-state index is 12.2. The van der Waals surface area contributed by atoms with E-state index in [0.717, 1.165) is 6.08 Å². The number of carbonyl (C=O) groups is 2. The van der Waals surface area contributed by atoms with E-state index in [4.69, 9.17) is 9.84 Å². The van der Waals surface area contributed by atoms with E-state index in [0.29, 0.717) is 23.6 Å². The Morgan fingerprint density at radius 1 is 1.50 bits per heavy atom. The lowest BCUT2D eigenvalue weighted by atomic mass is 10.2. The van der Waals surface area contributed by atoms with Crippen molar-refractivity contribution in [1.29, 1.82) is 0 Å². The van der Waals surface area contributed by atoms with Crippen molar-refractivity contribution in [3.63, 3.8) is 0 Å². The SMILES string of the molecule is CC(C)OCCN(C)C(=O)c1sccc1/C=C/C(=O)O. The molecule has 110 valence electrons. The lowest BCUT2D eigenvalue weighted by Gasteiger charge is -2.17. The van der Waals surface area contributed by atoms with E-state index >= 15 is 0 Å². The van der Waals surface area contributed by atoms with Crippen molar-refractivity contribution in [3.8, 4) is 0 Å². The smallest absolute Gasteiger partial charge is 0.328 e. The Morgan fingerprint density at radius 2 is 2.20 bits per heavy atom. The van der Waals surface area contributed by atoms with Crippen LogP contribution in [0.15, 0.2) is 17.5 Å². The van der Waals surface area contributed by atoms with E-state index in [1.807, 2.05) is 13.8 Å². The molecule has 1 aromatic rings. The predicted molar refractivity (Wildman–Crippen MR) is 79.0 cm³/mol. The Bertz CT molecular complexity index is 493. The van der Waals surface area contributed by atoms with Crippen molar-refractivity contribution in [2.75, 3.05) is 20.2 Å². The number of carboxylic acid groups (broad SMARTS) is 1. The molecule has 0 saturated heterocycles. The van der Waals surface area contributed by atoms with Gasteiger partial charge in [-0.15, -0.1) is 11.3 Å². The molecule has 0 aromatic carbocycles. The van der Waals surface area contributed by atoms with Gasteiger partial charge in [0.05, 0.1) is 17.6 Å². The largest absolute Gasteiger partial charge is 0.478 e. The maximum Gasteiger partial charge on any atom is 0.328 e. The quantitative estimate of drug-likeness (QED) is 0.784. The van der Waals surface area contributed by atoms with Crippen molar-refractivity contribution in [2.24, 2.45) is 0 Å². The van der Waals surface area contributed by atoms with Gasteiger partial charge in [0, 0.05) is 19.7 Å². The molecule has 0 aliphatic rings. The van der Waals surface area contributed by atoms with Crippen molar-refractivity contribution in [1.82, 2.24) is 4.90 Å². The van der Waals surface area contributed by atoms with Gasteiger partial charge in [-0.2, -0.15) is 0 Å². The van der Waals surface area contributed by atoms with Gasteiger partial charge in [-0.3, -0.25) is 4.79 Å². The van der Waals surface area contributed by atoms with Crippen molar-refractivity contribution in [2.45, 2.75) is 20.0 Å². The molecule has 0 atom stereocenters. The molecule has 0 spiro atoms. The van der Waals surface area contributed by atoms with Gasteiger partial charge in [-0.05, 0) is 36.9 Å². The zero-order chi connectivity index (χ0) is 15.1. The number of carboxylic acids is 1. The fourth-order valence-corrected chi connectivity index (χ4v) is 2.37. The van der Waals surface area contributed by atoms with Crippen LogP contribution in [0.2, 0.25) is 0 Å². The normalized spacial score (nSPS) is 11.2. The molecule has 1 N–H and O–H groups in total. The highest BCUT2D eigenvalue weighted by Gasteiger charge is 2.16. The van der Waals surface area contributed by atoms with Gasteiger partial charge in [0.2, 0.25) is 0 Å². The van der Waals surface area contributed by atoms with Crippen LogP contribution < -0.4 is 0 Å². The van der Waals surface area contributed by atoms with Crippen molar-refractivity contribution >= 4 is 29.3 Å². The first-order valence-electron chi connectivity index (χ1n) is 6.27. The lowest BCUT2D eigenvalue weighted by Crippen LogP contribution is -2.30. The number of hydrogen-bond acceptors (Lipinski definition) is 4. The summed E-state index contributed by atoms with van der Waals surface area (Å²) in [6, 6.07) is 1.73. The van der Waals surface area contributed by atoms with Crippen LogP contribution in [0.1, 0.15) is 29.1 Å². The Labute approximate surface area is 122 Å². The highest BCUT2D eigenvalue weighted by Crippen LogP contribution is 2.20. The number of thiophene rings is 1. The average Bonchev–Trinajstić information content (AvgIpc) is 2.83. The average molecular weight is 297 g/mol. The van der Waals surface area contributed by atoms with Gasteiger partial charge in [0.15, 0.2) is 0 Å². The third-order valence-electron chi connectivity index (χ3n) is 2.52. The van der Waals surface area contributed by atoms with Crippen LogP contribution in [0.3, 0.4) is 0 Å². The first-order valence-corrected chi connectivity index (χ1v) is 7.15. The van der Waals surface area contributed by atoms with E-state index in [-0.39, 0.29) is 12.0 Å². The fraction of sp³-hybridized carbons (Fsp3) is 0.429. The van der Waals surface area contributed by atoms with Gasteiger partial charge in [0.25, 0.3) is 5.91 Å². The molecular formula is C14H19NO4S. The second kappa shape index (κ2) is 7.81. The van der Waals surface area contributed by atoms with E-state index < -0.39 is 5.97 Å². The molecule has 1 aromatic heterocycles. The molecule has 6 heteroatoms. The zero-order valence-electron chi connectivity index (χ0n) is 11.8. The van der Waals surface area contributed by atoms with Crippen LogP contribution in [0.25, 0.3) is 6.08 Å². The Hall–Kier alpha value is -1.66. The molecule has 0 radical (unpaired) electrons. The highest BCUT2D eigenvalue weighted by molar-refractivity contribution is 7.12. The maximum atomic E-state index is 12.2. The summed E-state index contributed by atoms with van der Waals surface area (Å²) in [4.78, 5) is 24.9. The summed E-state index contributed by atoms with van der Waals surface area (Å²) in [7, 11) is 1.70. The molecule has 0 aliphatic carbocycles. The molecule has 0 bridgehead atoms. The Kier molecular flexibility index (Phi) is 6.41. The van der Waals surface area contributed by atoms with Crippen LogP contribution in [0.4, 0.5) is 0 Å². The fourth-order valence-electron chi connectivity index (χ4n) is 1.49. The number of aliphatic carboxylic acids is 1. The summed E-state index contributed by atoms with van der Waals surface area (Å²) in [5.74, 6) is -1.16. The Balaban J connectivity index is 2.67. The molecular weight excluding hydrogens is 278 g/mol. The second-order valence-electron chi connectivity index (χ2n) is 4.52. The second-order valence-corrected chi connectivity index (χ2v) is 5.44. The number of nitrogens with zero attached hydrogens (tertiary/aromatic N) is 1. The molecule has 1 amide bonds. The van der Waals surface area contributed by atoms with E-state index in [9.17, 15) is 9.59 Å². The van der Waals surface area contributed by atoms with Crippen LogP contribution >= 0.6 is 11.3 Å². The molecule has 1 rings (SSSR count). The minimum atomic E-state index is -1.03. The van der Waals surface area contributed by atoms with Gasteiger partial charge in [-0.1, -0.05) is 0 Å². The number of hydrogen-bond donors (Lipinski definition) is 1. The molecule has 20 heavy (non-hydrogen) atoms. The monoisotopic (exact) mass is 297 g/mol. The lowest BCUT2D eigenvalue weighted by molar-refractivity contribution is -0.131. The topological polar surface area (TPSA) is 66.8 Å². The minimum absolute atomic E-state index is 0.127. The number of rotatable bonds is 7. The van der Waals surface area contributed by atoms with E-state index in [1.165, 1.54) is 17.4 Å². The van der Waals surface area contributed by atoms with Gasteiger partial charge < -0.3 is 14.7 Å². The third-order valence-corrected chi connectivity index (χ3v) is 3.44. The molecule has 5 nitrogen and oxygen atoms in total.